The van der Waals surface area contributed by atoms with Crippen LogP contribution in [0.15, 0.2) is 205 Å². The summed E-state index contributed by atoms with van der Waals surface area (Å²) in [6.07, 6.45) is 0. The molecule has 0 saturated heterocycles. The first-order valence-electron chi connectivity index (χ1n) is 18.5. The van der Waals surface area contributed by atoms with Gasteiger partial charge in [-0.1, -0.05) is 146 Å². The van der Waals surface area contributed by atoms with E-state index in [1.807, 2.05) is 0 Å². The molecule has 252 valence electrons. The minimum absolute atomic E-state index is 0.866. The van der Waals surface area contributed by atoms with Gasteiger partial charge in [-0.3, -0.25) is 0 Å². The van der Waals surface area contributed by atoms with E-state index in [0.29, 0.717) is 0 Å². The van der Waals surface area contributed by atoms with Gasteiger partial charge < -0.3 is 9.32 Å². The summed E-state index contributed by atoms with van der Waals surface area (Å²) < 4.78 is 6.75. The van der Waals surface area contributed by atoms with Gasteiger partial charge in [-0.2, -0.15) is 0 Å². The van der Waals surface area contributed by atoms with Crippen LogP contribution in [-0.2, 0) is 0 Å². The van der Waals surface area contributed by atoms with Crippen LogP contribution in [0.4, 0.5) is 17.1 Å². The number of anilines is 3. The summed E-state index contributed by atoms with van der Waals surface area (Å²) in [5.74, 6) is 0. The van der Waals surface area contributed by atoms with E-state index in [1.165, 1.54) is 48.8 Å². The van der Waals surface area contributed by atoms with Gasteiger partial charge in [-0.15, -0.1) is 0 Å². The number of hydrogen-bond acceptors (Lipinski definition) is 2. The van der Waals surface area contributed by atoms with E-state index in [0.717, 1.165) is 55.5 Å². The van der Waals surface area contributed by atoms with Gasteiger partial charge in [0.2, 0.25) is 0 Å². The van der Waals surface area contributed by atoms with Crippen molar-refractivity contribution in [2.24, 2.45) is 0 Å². The lowest BCUT2D eigenvalue weighted by Gasteiger charge is -2.29. The fourth-order valence-electron chi connectivity index (χ4n) is 8.32. The van der Waals surface area contributed by atoms with Crippen LogP contribution in [0, 0.1) is 0 Å². The van der Waals surface area contributed by atoms with Crippen molar-refractivity contribution in [1.29, 1.82) is 0 Å². The van der Waals surface area contributed by atoms with Gasteiger partial charge in [0.25, 0.3) is 0 Å². The zero-order valence-electron chi connectivity index (χ0n) is 29.4. The monoisotopic (exact) mass is 687 g/mol. The van der Waals surface area contributed by atoms with E-state index in [9.17, 15) is 0 Å². The Morgan fingerprint density at radius 2 is 0.926 bits per heavy atom. The number of furan rings is 1. The molecule has 0 radical (unpaired) electrons. The van der Waals surface area contributed by atoms with Crippen LogP contribution in [-0.4, -0.2) is 0 Å². The molecule has 0 unspecified atom stereocenters. The summed E-state index contributed by atoms with van der Waals surface area (Å²) >= 11 is 0. The van der Waals surface area contributed by atoms with Crippen LogP contribution in [0.1, 0.15) is 0 Å². The minimum Gasteiger partial charge on any atom is -0.455 e. The standard InChI is InChI=1S/C52H33NO/c1-3-14-37-29-42(24-23-34(37)11-1)38-18-9-19-43(30-38)47-32-40-16-5-6-17-41(40)33-49(47)53(44-27-25-35-12-2-4-15-39(35)31-44)48-21-10-22-50-51(48)46-28-26-36-13-7-8-20-45(36)52(46)54-50/h1-33H. The zero-order chi connectivity index (χ0) is 35.6. The maximum Gasteiger partial charge on any atom is 0.143 e. The van der Waals surface area contributed by atoms with E-state index >= 15 is 0 Å². The molecule has 54 heavy (non-hydrogen) atoms. The lowest BCUT2D eigenvalue weighted by Crippen LogP contribution is -2.12. The first-order chi connectivity index (χ1) is 26.7. The first-order valence-corrected chi connectivity index (χ1v) is 18.5. The molecule has 0 bridgehead atoms. The topological polar surface area (TPSA) is 16.4 Å². The average molecular weight is 688 g/mol. The summed E-state index contributed by atoms with van der Waals surface area (Å²) in [6.45, 7) is 0. The van der Waals surface area contributed by atoms with Gasteiger partial charge in [0.1, 0.15) is 11.2 Å². The highest BCUT2D eigenvalue weighted by Crippen LogP contribution is 2.48. The van der Waals surface area contributed by atoms with Gasteiger partial charge in [-0.25, -0.2) is 0 Å². The Bertz CT molecular complexity index is 3240. The number of rotatable bonds is 5. The number of benzene rings is 10. The summed E-state index contributed by atoms with van der Waals surface area (Å²) in [6, 6.07) is 72.5. The van der Waals surface area contributed by atoms with Crippen LogP contribution in [0.5, 0.6) is 0 Å². The second-order valence-electron chi connectivity index (χ2n) is 14.1. The molecule has 1 heterocycles. The van der Waals surface area contributed by atoms with Gasteiger partial charge >= 0.3 is 0 Å². The van der Waals surface area contributed by atoms with Crippen molar-refractivity contribution in [1.82, 2.24) is 0 Å². The molecule has 0 aliphatic rings. The van der Waals surface area contributed by atoms with E-state index in [4.69, 9.17) is 4.42 Å². The van der Waals surface area contributed by atoms with Crippen LogP contribution < -0.4 is 4.90 Å². The highest BCUT2D eigenvalue weighted by atomic mass is 16.3. The molecular weight excluding hydrogens is 655 g/mol. The van der Waals surface area contributed by atoms with Crippen molar-refractivity contribution >= 4 is 82.1 Å². The number of nitrogens with zero attached hydrogens (tertiary/aromatic N) is 1. The molecule has 1 aromatic heterocycles. The summed E-state index contributed by atoms with van der Waals surface area (Å²) in [5.41, 5.74) is 9.72. The normalized spacial score (nSPS) is 11.7. The van der Waals surface area contributed by atoms with Crippen molar-refractivity contribution < 1.29 is 4.42 Å². The first kappa shape index (κ1) is 30.5. The van der Waals surface area contributed by atoms with E-state index in [2.05, 4.69) is 205 Å². The third-order valence-corrected chi connectivity index (χ3v) is 11.0. The lowest BCUT2D eigenvalue weighted by atomic mass is 9.94. The number of hydrogen-bond donors (Lipinski definition) is 0. The summed E-state index contributed by atoms with van der Waals surface area (Å²) in [7, 11) is 0. The van der Waals surface area contributed by atoms with Crippen molar-refractivity contribution in [3.8, 4) is 22.3 Å². The average Bonchev–Trinajstić information content (AvgIpc) is 3.63. The molecule has 0 fully saturated rings. The van der Waals surface area contributed by atoms with Crippen molar-refractivity contribution in [3.05, 3.63) is 200 Å². The maximum atomic E-state index is 6.75. The van der Waals surface area contributed by atoms with Gasteiger partial charge in [0, 0.05) is 22.0 Å². The Morgan fingerprint density at radius 1 is 0.333 bits per heavy atom. The van der Waals surface area contributed by atoms with E-state index < -0.39 is 0 Å². The maximum absolute atomic E-state index is 6.75. The fourth-order valence-corrected chi connectivity index (χ4v) is 8.32. The molecule has 0 N–H and O–H groups in total. The van der Waals surface area contributed by atoms with Crippen molar-refractivity contribution in [2.45, 2.75) is 0 Å². The molecule has 0 amide bonds. The minimum atomic E-state index is 0.866. The Kier molecular flexibility index (Phi) is 6.90. The summed E-state index contributed by atoms with van der Waals surface area (Å²) in [5, 5.41) is 11.7. The SMILES string of the molecule is c1cc(-c2ccc3ccccc3c2)cc(-c2cc3ccccc3cc2N(c2ccc3ccccc3c2)c2cccc3oc4c5ccccc5ccc4c23)c1. The quantitative estimate of drug-likeness (QED) is 0.179. The highest BCUT2D eigenvalue weighted by Gasteiger charge is 2.24. The van der Waals surface area contributed by atoms with Gasteiger partial charge in [0.15, 0.2) is 0 Å². The van der Waals surface area contributed by atoms with E-state index in [-0.39, 0.29) is 0 Å². The molecule has 0 atom stereocenters. The second-order valence-corrected chi connectivity index (χ2v) is 14.1. The predicted molar refractivity (Wildman–Crippen MR) is 229 cm³/mol. The van der Waals surface area contributed by atoms with Crippen LogP contribution in [0.25, 0.3) is 87.3 Å². The third-order valence-electron chi connectivity index (χ3n) is 11.0. The molecule has 0 aliphatic heterocycles. The Balaban J connectivity index is 1.20. The molecule has 2 nitrogen and oxygen atoms in total. The van der Waals surface area contributed by atoms with Crippen molar-refractivity contribution in [3.63, 3.8) is 0 Å². The highest BCUT2D eigenvalue weighted by molar-refractivity contribution is 6.20. The third kappa shape index (κ3) is 4.96. The van der Waals surface area contributed by atoms with Gasteiger partial charge in [0.05, 0.1) is 16.8 Å². The zero-order valence-corrected chi connectivity index (χ0v) is 29.4. The molecule has 0 aliphatic carbocycles. The molecule has 2 heteroatoms. The van der Waals surface area contributed by atoms with Crippen LogP contribution in [0.3, 0.4) is 0 Å². The second kappa shape index (κ2) is 12.2. The molecule has 11 aromatic rings. The van der Waals surface area contributed by atoms with Crippen molar-refractivity contribution in [2.75, 3.05) is 4.90 Å². The predicted octanol–water partition coefficient (Wildman–Crippen LogP) is 15.0. The molecule has 0 saturated carbocycles. The Hall–Kier alpha value is -7.16. The lowest BCUT2D eigenvalue weighted by molar-refractivity contribution is 0.672. The fraction of sp³-hybridized carbons (Fsp3) is 0. The largest absolute Gasteiger partial charge is 0.455 e. The van der Waals surface area contributed by atoms with E-state index in [1.54, 1.807) is 0 Å². The molecule has 0 spiro atoms. The summed E-state index contributed by atoms with van der Waals surface area (Å²) in [4.78, 5) is 2.45. The smallest absolute Gasteiger partial charge is 0.143 e. The molecule has 10 aromatic carbocycles. The molecular formula is C52H33NO. The Morgan fingerprint density at radius 3 is 1.72 bits per heavy atom. The van der Waals surface area contributed by atoms with Crippen LogP contribution >= 0.6 is 0 Å². The Labute approximate surface area is 312 Å². The van der Waals surface area contributed by atoms with Gasteiger partial charge in [-0.05, 0) is 109 Å². The van der Waals surface area contributed by atoms with Crippen LogP contribution in [0.2, 0.25) is 0 Å². The molecule has 11 rings (SSSR count). The number of fused-ring (bicyclic) bond motifs is 8.